The second-order valence-electron chi connectivity index (χ2n) is 5.01. The van der Waals surface area contributed by atoms with Crippen molar-refractivity contribution in [2.45, 2.75) is 18.0 Å². The van der Waals surface area contributed by atoms with Crippen LogP contribution >= 0.6 is 11.6 Å². The molecule has 0 heterocycles. The first kappa shape index (κ1) is 18.3. The van der Waals surface area contributed by atoms with Crippen LogP contribution in [0, 0.1) is 0 Å². The van der Waals surface area contributed by atoms with Gasteiger partial charge in [0.2, 0.25) is 10.0 Å². The third-order valence-electron chi connectivity index (χ3n) is 3.32. The summed E-state index contributed by atoms with van der Waals surface area (Å²) < 4.78 is 25.5. The van der Waals surface area contributed by atoms with Crippen molar-refractivity contribution in [3.8, 4) is 0 Å². The molecule has 0 aliphatic rings. The second kappa shape index (κ2) is 8.14. The van der Waals surface area contributed by atoms with Crippen LogP contribution in [-0.4, -0.2) is 21.5 Å². The van der Waals surface area contributed by atoms with Gasteiger partial charge in [0, 0.05) is 18.1 Å². The van der Waals surface area contributed by atoms with Crippen molar-refractivity contribution in [1.29, 1.82) is 0 Å². The van der Waals surface area contributed by atoms with Gasteiger partial charge in [-0.25, -0.2) is 17.9 Å². The fourth-order valence-electron chi connectivity index (χ4n) is 1.93. The third kappa shape index (κ3) is 5.23. The quantitative estimate of drug-likeness (QED) is 0.731. The molecule has 0 spiro atoms. The zero-order valence-electron chi connectivity index (χ0n) is 13.0. The maximum atomic E-state index is 11.8. The van der Waals surface area contributed by atoms with Gasteiger partial charge in [0.15, 0.2) is 0 Å². The molecule has 2 amide bonds. The molecule has 2 aromatic rings. The van der Waals surface area contributed by atoms with Gasteiger partial charge in [0.05, 0.1) is 4.90 Å². The molecular formula is C16H18ClN3O3S. The average Bonchev–Trinajstić information content (AvgIpc) is 2.60. The van der Waals surface area contributed by atoms with E-state index in [0.717, 1.165) is 11.1 Å². The molecule has 0 radical (unpaired) electrons. The molecule has 2 rings (SSSR count). The highest BCUT2D eigenvalue weighted by Crippen LogP contribution is 2.10. The molecule has 8 heteroatoms. The fourth-order valence-corrected chi connectivity index (χ4v) is 2.79. The van der Waals surface area contributed by atoms with Gasteiger partial charge in [0.1, 0.15) is 0 Å². The summed E-state index contributed by atoms with van der Waals surface area (Å²) in [5, 5.41) is 6.09. The molecule has 3 N–H and O–H groups in total. The van der Waals surface area contributed by atoms with Crippen LogP contribution in [0.15, 0.2) is 53.4 Å². The second-order valence-corrected chi connectivity index (χ2v) is 7.34. The third-order valence-corrected chi connectivity index (χ3v) is 5.00. The van der Waals surface area contributed by atoms with Crippen molar-refractivity contribution >= 4 is 27.7 Å². The molecule has 0 aliphatic carbocycles. The number of carbonyl (C=O) groups excluding carboxylic acids is 1. The van der Waals surface area contributed by atoms with E-state index in [4.69, 9.17) is 11.6 Å². The first-order chi connectivity index (χ1) is 11.4. The summed E-state index contributed by atoms with van der Waals surface area (Å²) in [7, 11) is -2.09. The number of hydrogen-bond acceptors (Lipinski definition) is 3. The van der Waals surface area contributed by atoms with Gasteiger partial charge in [-0.1, -0.05) is 35.9 Å². The molecule has 0 aliphatic heterocycles. The van der Waals surface area contributed by atoms with Crippen molar-refractivity contribution < 1.29 is 13.2 Å². The number of carbonyl (C=O) groups is 1. The Labute approximate surface area is 146 Å². The number of urea groups is 1. The van der Waals surface area contributed by atoms with Crippen LogP contribution < -0.4 is 15.4 Å². The van der Waals surface area contributed by atoms with Crippen LogP contribution in [0.1, 0.15) is 11.1 Å². The summed E-state index contributed by atoms with van der Waals surface area (Å²) in [6.07, 6.45) is 0. The maximum absolute atomic E-state index is 11.8. The Balaban J connectivity index is 1.82. The van der Waals surface area contributed by atoms with Crippen LogP contribution in [-0.2, 0) is 23.1 Å². The van der Waals surface area contributed by atoms with E-state index < -0.39 is 10.0 Å². The van der Waals surface area contributed by atoms with Gasteiger partial charge < -0.3 is 10.6 Å². The van der Waals surface area contributed by atoms with E-state index in [-0.39, 0.29) is 10.9 Å². The van der Waals surface area contributed by atoms with Crippen LogP contribution in [0.3, 0.4) is 0 Å². The highest BCUT2D eigenvalue weighted by molar-refractivity contribution is 7.89. The van der Waals surface area contributed by atoms with Gasteiger partial charge in [-0.2, -0.15) is 0 Å². The largest absolute Gasteiger partial charge is 0.334 e. The molecule has 0 saturated heterocycles. The smallest absolute Gasteiger partial charge is 0.315 e. The highest BCUT2D eigenvalue weighted by Gasteiger charge is 2.10. The van der Waals surface area contributed by atoms with Crippen molar-refractivity contribution in [1.82, 2.24) is 15.4 Å². The lowest BCUT2D eigenvalue weighted by atomic mass is 10.2. The summed E-state index contributed by atoms with van der Waals surface area (Å²) in [6, 6.07) is 13.2. The van der Waals surface area contributed by atoms with Crippen LogP contribution in [0.4, 0.5) is 4.79 Å². The lowest BCUT2D eigenvalue weighted by molar-refractivity contribution is 0.240. The summed E-state index contributed by atoms with van der Waals surface area (Å²) in [5.41, 5.74) is 1.74. The molecule has 0 aromatic heterocycles. The number of sulfonamides is 1. The number of amides is 2. The van der Waals surface area contributed by atoms with Crippen LogP contribution in [0.5, 0.6) is 0 Å². The summed E-state index contributed by atoms with van der Waals surface area (Å²) in [4.78, 5) is 12.0. The number of nitrogens with one attached hydrogen (secondary N) is 3. The van der Waals surface area contributed by atoms with Crippen molar-refractivity contribution in [3.05, 3.63) is 64.7 Å². The van der Waals surface area contributed by atoms with Gasteiger partial charge in [-0.3, -0.25) is 0 Å². The SMILES string of the molecule is CNS(=O)(=O)c1ccc(CNC(=O)NCc2ccc(Cl)cc2)cc1. The van der Waals surface area contributed by atoms with E-state index in [0.29, 0.717) is 18.1 Å². The van der Waals surface area contributed by atoms with Crippen LogP contribution in [0.2, 0.25) is 5.02 Å². The van der Waals surface area contributed by atoms with E-state index in [1.165, 1.54) is 19.2 Å². The van der Waals surface area contributed by atoms with Gasteiger partial charge in [-0.05, 0) is 42.4 Å². The summed E-state index contributed by atoms with van der Waals surface area (Å²) in [6.45, 7) is 0.689. The monoisotopic (exact) mass is 367 g/mol. The minimum atomic E-state index is -3.45. The molecule has 6 nitrogen and oxygen atoms in total. The Kier molecular flexibility index (Phi) is 6.19. The predicted octanol–water partition coefficient (Wildman–Crippen LogP) is 2.25. The van der Waals surface area contributed by atoms with Gasteiger partial charge in [-0.15, -0.1) is 0 Å². The zero-order valence-corrected chi connectivity index (χ0v) is 14.6. The van der Waals surface area contributed by atoms with E-state index >= 15 is 0 Å². The minimum absolute atomic E-state index is 0.181. The Hall–Kier alpha value is -2.09. The topological polar surface area (TPSA) is 87.3 Å². The average molecular weight is 368 g/mol. The first-order valence-electron chi connectivity index (χ1n) is 7.19. The number of benzene rings is 2. The normalized spacial score (nSPS) is 11.1. The van der Waals surface area contributed by atoms with Crippen molar-refractivity contribution in [3.63, 3.8) is 0 Å². The fraction of sp³-hybridized carbons (Fsp3) is 0.188. The first-order valence-corrected chi connectivity index (χ1v) is 9.05. The van der Waals surface area contributed by atoms with Crippen molar-refractivity contribution in [2.75, 3.05) is 7.05 Å². The molecule has 24 heavy (non-hydrogen) atoms. The standard InChI is InChI=1S/C16H18ClN3O3S/c1-18-24(22,23)15-8-4-13(5-9-15)11-20-16(21)19-10-12-2-6-14(17)7-3-12/h2-9,18H,10-11H2,1H3,(H2,19,20,21). The zero-order chi connectivity index (χ0) is 17.6. The molecular weight excluding hydrogens is 350 g/mol. The molecule has 0 bridgehead atoms. The Bertz CT molecular complexity index is 790. The van der Waals surface area contributed by atoms with E-state index in [9.17, 15) is 13.2 Å². The summed E-state index contributed by atoms with van der Waals surface area (Å²) in [5.74, 6) is 0. The molecule has 0 saturated carbocycles. The number of rotatable bonds is 6. The lowest BCUT2D eigenvalue weighted by Crippen LogP contribution is -2.34. The predicted molar refractivity (Wildman–Crippen MR) is 93.2 cm³/mol. The molecule has 2 aromatic carbocycles. The Morgan fingerprint density at radius 2 is 1.38 bits per heavy atom. The highest BCUT2D eigenvalue weighted by atomic mass is 35.5. The van der Waals surface area contributed by atoms with Gasteiger partial charge in [0.25, 0.3) is 0 Å². The number of hydrogen-bond donors (Lipinski definition) is 3. The Morgan fingerprint density at radius 3 is 1.83 bits per heavy atom. The molecule has 0 fully saturated rings. The molecule has 128 valence electrons. The van der Waals surface area contributed by atoms with Crippen LogP contribution in [0.25, 0.3) is 0 Å². The number of halogens is 1. The minimum Gasteiger partial charge on any atom is -0.334 e. The van der Waals surface area contributed by atoms with E-state index in [1.54, 1.807) is 24.3 Å². The van der Waals surface area contributed by atoms with Crippen molar-refractivity contribution in [2.24, 2.45) is 0 Å². The van der Waals surface area contributed by atoms with E-state index in [1.807, 2.05) is 12.1 Å². The van der Waals surface area contributed by atoms with Gasteiger partial charge >= 0.3 is 6.03 Å². The van der Waals surface area contributed by atoms with E-state index in [2.05, 4.69) is 15.4 Å². The Morgan fingerprint density at radius 1 is 0.917 bits per heavy atom. The molecule has 0 unspecified atom stereocenters. The molecule has 0 atom stereocenters. The maximum Gasteiger partial charge on any atom is 0.315 e. The lowest BCUT2D eigenvalue weighted by Gasteiger charge is -2.09. The summed E-state index contributed by atoms with van der Waals surface area (Å²) >= 11 is 5.80.